The van der Waals surface area contributed by atoms with E-state index in [9.17, 15) is 9.59 Å². The van der Waals surface area contributed by atoms with Crippen LogP contribution in [0.2, 0.25) is 0 Å². The standard InChI is InChI=1S/C9H12O2/c1-2-3-7-4-8(10)6-9(11)5-7/h2,7H,1,3-6H2. The van der Waals surface area contributed by atoms with Gasteiger partial charge < -0.3 is 0 Å². The number of hydrogen-bond donors (Lipinski definition) is 0. The van der Waals surface area contributed by atoms with Gasteiger partial charge in [-0.25, -0.2) is 0 Å². The van der Waals surface area contributed by atoms with Gasteiger partial charge in [-0.1, -0.05) is 6.08 Å². The minimum absolute atomic E-state index is 0.0908. The van der Waals surface area contributed by atoms with Crippen LogP contribution in [0.3, 0.4) is 0 Å². The highest BCUT2D eigenvalue weighted by atomic mass is 16.1. The summed E-state index contributed by atoms with van der Waals surface area (Å²) in [5.41, 5.74) is 0. The first-order chi connectivity index (χ1) is 5.22. The number of carbonyl (C=O) groups is 2. The molecule has 0 aromatic carbocycles. The first kappa shape index (κ1) is 8.18. The molecule has 0 N–H and O–H groups in total. The third-order valence-electron chi connectivity index (χ3n) is 1.93. The Balaban J connectivity index is 2.49. The summed E-state index contributed by atoms with van der Waals surface area (Å²) >= 11 is 0. The van der Waals surface area contributed by atoms with Crippen molar-refractivity contribution in [3.05, 3.63) is 12.7 Å². The molecule has 0 aromatic heterocycles. The quantitative estimate of drug-likeness (QED) is 0.444. The van der Waals surface area contributed by atoms with Crippen LogP contribution in [0.5, 0.6) is 0 Å². The minimum atomic E-state index is 0.0908. The van der Waals surface area contributed by atoms with Crippen LogP contribution in [-0.2, 0) is 9.59 Å². The van der Waals surface area contributed by atoms with Crippen molar-refractivity contribution < 1.29 is 9.59 Å². The molecule has 0 spiro atoms. The highest BCUT2D eigenvalue weighted by Crippen LogP contribution is 2.21. The Morgan fingerprint density at radius 3 is 2.36 bits per heavy atom. The molecule has 0 radical (unpaired) electrons. The van der Waals surface area contributed by atoms with Gasteiger partial charge in [0.2, 0.25) is 0 Å². The molecule has 0 unspecified atom stereocenters. The summed E-state index contributed by atoms with van der Waals surface area (Å²) < 4.78 is 0. The zero-order valence-electron chi connectivity index (χ0n) is 6.51. The average molecular weight is 152 g/mol. The summed E-state index contributed by atoms with van der Waals surface area (Å²) in [6, 6.07) is 0. The Labute approximate surface area is 66.3 Å². The van der Waals surface area contributed by atoms with Crippen LogP contribution in [0.4, 0.5) is 0 Å². The van der Waals surface area contributed by atoms with E-state index < -0.39 is 0 Å². The zero-order valence-corrected chi connectivity index (χ0v) is 6.51. The second kappa shape index (κ2) is 3.46. The van der Waals surface area contributed by atoms with Gasteiger partial charge in [0.05, 0.1) is 6.42 Å². The molecular weight excluding hydrogens is 140 g/mol. The SMILES string of the molecule is C=CCC1CC(=O)CC(=O)C1. The number of allylic oxidation sites excluding steroid dienone is 1. The molecule has 1 rings (SSSR count). The predicted octanol–water partition coefficient (Wildman–Crippen LogP) is 1.50. The maximum atomic E-state index is 10.9. The summed E-state index contributed by atoms with van der Waals surface area (Å²) in [5.74, 6) is 0.419. The molecular formula is C9H12O2. The van der Waals surface area contributed by atoms with Crippen molar-refractivity contribution in [3.63, 3.8) is 0 Å². The van der Waals surface area contributed by atoms with E-state index in [0.717, 1.165) is 6.42 Å². The Kier molecular flexibility index (Phi) is 2.58. The lowest BCUT2D eigenvalue weighted by molar-refractivity contribution is -0.131. The smallest absolute Gasteiger partial charge is 0.140 e. The van der Waals surface area contributed by atoms with E-state index in [1.807, 2.05) is 0 Å². The fraction of sp³-hybridized carbons (Fsp3) is 0.556. The lowest BCUT2D eigenvalue weighted by Crippen LogP contribution is -2.22. The maximum absolute atomic E-state index is 10.9. The van der Waals surface area contributed by atoms with E-state index in [1.54, 1.807) is 6.08 Å². The molecule has 1 saturated carbocycles. The number of rotatable bonds is 2. The van der Waals surface area contributed by atoms with E-state index in [1.165, 1.54) is 0 Å². The van der Waals surface area contributed by atoms with Crippen molar-refractivity contribution >= 4 is 11.6 Å². The third-order valence-corrected chi connectivity index (χ3v) is 1.93. The van der Waals surface area contributed by atoms with Crippen molar-refractivity contribution in [3.8, 4) is 0 Å². The van der Waals surface area contributed by atoms with Crippen molar-refractivity contribution in [2.24, 2.45) is 5.92 Å². The molecule has 1 fully saturated rings. The van der Waals surface area contributed by atoms with Gasteiger partial charge in [-0.3, -0.25) is 9.59 Å². The maximum Gasteiger partial charge on any atom is 0.140 e. The summed E-state index contributed by atoms with van der Waals surface area (Å²) in [5, 5.41) is 0. The molecule has 0 aromatic rings. The van der Waals surface area contributed by atoms with Crippen LogP contribution in [0.1, 0.15) is 25.7 Å². The fourth-order valence-corrected chi connectivity index (χ4v) is 1.48. The number of hydrogen-bond acceptors (Lipinski definition) is 2. The number of ketones is 2. The van der Waals surface area contributed by atoms with Gasteiger partial charge in [-0.05, 0) is 12.3 Å². The van der Waals surface area contributed by atoms with E-state index in [2.05, 4.69) is 6.58 Å². The van der Waals surface area contributed by atoms with Gasteiger partial charge >= 0.3 is 0 Å². The predicted molar refractivity (Wildman–Crippen MR) is 42.2 cm³/mol. The van der Waals surface area contributed by atoms with Crippen molar-refractivity contribution in [2.45, 2.75) is 25.7 Å². The molecule has 0 saturated heterocycles. The van der Waals surface area contributed by atoms with E-state index in [0.29, 0.717) is 12.8 Å². The van der Waals surface area contributed by atoms with Gasteiger partial charge in [0.1, 0.15) is 11.6 Å². The molecule has 1 aliphatic carbocycles. The van der Waals surface area contributed by atoms with Gasteiger partial charge in [0, 0.05) is 12.8 Å². The minimum Gasteiger partial charge on any atom is -0.299 e. The lowest BCUT2D eigenvalue weighted by atomic mass is 9.85. The van der Waals surface area contributed by atoms with Crippen LogP contribution < -0.4 is 0 Å². The van der Waals surface area contributed by atoms with E-state index in [-0.39, 0.29) is 23.9 Å². The molecule has 0 heterocycles. The van der Waals surface area contributed by atoms with E-state index in [4.69, 9.17) is 0 Å². The van der Waals surface area contributed by atoms with Crippen molar-refractivity contribution in [1.82, 2.24) is 0 Å². The number of Topliss-reactive ketones (excluding diaryl/α,β-unsaturated/α-hetero) is 2. The Bertz CT molecular complexity index is 178. The summed E-state index contributed by atoms with van der Waals surface area (Å²) in [7, 11) is 0. The highest BCUT2D eigenvalue weighted by molar-refractivity contribution is 6.01. The van der Waals surface area contributed by atoms with Crippen LogP contribution >= 0.6 is 0 Å². The second-order valence-electron chi connectivity index (χ2n) is 3.05. The summed E-state index contributed by atoms with van der Waals surface area (Å²) in [4.78, 5) is 21.8. The van der Waals surface area contributed by atoms with Crippen molar-refractivity contribution in [1.29, 1.82) is 0 Å². The summed E-state index contributed by atoms with van der Waals surface area (Å²) in [6.45, 7) is 3.58. The molecule has 0 aliphatic heterocycles. The fourth-order valence-electron chi connectivity index (χ4n) is 1.48. The lowest BCUT2D eigenvalue weighted by Gasteiger charge is -2.17. The largest absolute Gasteiger partial charge is 0.299 e. The third kappa shape index (κ3) is 2.30. The molecule has 2 nitrogen and oxygen atoms in total. The monoisotopic (exact) mass is 152 g/mol. The average Bonchev–Trinajstić information content (AvgIpc) is 1.85. The molecule has 0 bridgehead atoms. The summed E-state index contributed by atoms with van der Waals surface area (Å²) in [6.07, 6.45) is 3.86. The first-order valence-electron chi connectivity index (χ1n) is 3.86. The Morgan fingerprint density at radius 2 is 1.91 bits per heavy atom. The highest BCUT2D eigenvalue weighted by Gasteiger charge is 2.23. The van der Waals surface area contributed by atoms with Crippen LogP contribution in [0.15, 0.2) is 12.7 Å². The molecule has 60 valence electrons. The Hall–Kier alpha value is -0.920. The Morgan fingerprint density at radius 1 is 1.36 bits per heavy atom. The van der Waals surface area contributed by atoms with Crippen LogP contribution in [-0.4, -0.2) is 11.6 Å². The van der Waals surface area contributed by atoms with Crippen LogP contribution in [0, 0.1) is 5.92 Å². The van der Waals surface area contributed by atoms with Gasteiger partial charge in [-0.15, -0.1) is 6.58 Å². The molecule has 0 amide bonds. The van der Waals surface area contributed by atoms with Gasteiger partial charge in [0.25, 0.3) is 0 Å². The topological polar surface area (TPSA) is 34.1 Å². The normalized spacial score (nSPS) is 20.4. The van der Waals surface area contributed by atoms with Gasteiger partial charge in [-0.2, -0.15) is 0 Å². The molecule has 0 atom stereocenters. The number of carbonyl (C=O) groups excluding carboxylic acids is 2. The second-order valence-corrected chi connectivity index (χ2v) is 3.05. The first-order valence-corrected chi connectivity index (χ1v) is 3.86. The molecule has 11 heavy (non-hydrogen) atoms. The van der Waals surface area contributed by atoms with Crippen LogP contribution in [0.25, 0.3) is 0 Å². The zero-order chi connectivity index (χ0) is 8.27. The van der Waals surface area contributed by atoms with Gasteiger partial charge in [0.15, 0.2) is 0 Å². The molecule has 1 aliphatic rings. The van der Waals surface area contributed by atoms with Crippen molar-refractivity contribution in [2.75, 3.05) is 0 Å². The molecule has 2 heteroatoms. The van der Waals surface area contributed by atoms with E-state index >= 15 is 0 Å².